The Kier molecular flexibility index (Phi) is 3.34. The number of benzene rings is 1. The van der Waals surface area contributed by atoms with Crippen molar-refractivity contribution in [2.45, 2.75) is 18.9 Å². The van der Waals surface area contributed by atoms with E-state index >= 15 is 0 Å². The van der Waals surface area contributed by atoms with Crippen LogP contribution in [0.4, 0.5) is 0 Å². The third kappa shape index (κ3) is 1.92. The highest BCUT2D eigenvalue weighted by Crippen LogP contribution is 2.37. The standard InChI is InChI=1S/C13H16INO2/c1-13(8-14)11-5-4-10(17-3)6-9(11)7-15(2)12(13)16/h4-6H,7-8H2,1-3H3. The third-order valence-electron chi connectivity index (χ3n) is 3.40. The van der Waals surface area contributed by atoms with Gasteiger partial charge in [0.05, 0.1) is 12.5 Å². The number of carbonyl (C=O) groups excluding carboxylic acids is 1. The van der Waals surface area contributed by atoms with Gasteiger partial charge in [-0.25, -0.2) is 0 Å². The van der Waals surface area contributed by atoms with E-state index in [2.05, 4.69) is 22.6 Å². The second-order valence-corrected chi connectivity index (χ2v) is 5.41. The third-order valence-corrected chi connectivity index (χ3v) is 4.93. The molecule has 2 rings (SSSR count). The van der Waals surface area contributed by atoms with Crippen molar-refractivity contribution < 1.29 is 9.53 Å². The lowest BCUT2D eigenvalue weighted by Crippen LogP contribution is -2.48. The van der Waals surface area contributed by atoms with Gasteiger partial charge >= 0.3 is 0 Å². The number of carbonyl (C=O) groups is 1. The molecule has 0 aromatic heterocycles. The van der Waals surface area contributed by atoms with E-state index in [9.17, 15) is 4.79 Å². The van der Waals surface area contributed by atoms with Crippen LogP contribution in [0, 0.1) is 0 Å². The maximum absolute atomic E-state index is 12.3. The lowest BCUT2D eigenvalue weighted by molar-refractivity contribution is -0.136. The number of rotatable bonds is 2. The first-order valence-electron chi connectivity index (χ1n) is 5.52. The van der Waals surface area contributed by atoms with E-state index in [0.717, 1.165) is 15.7 Å². The molecule has 92 valence electrons. The van der Waals surface area contributed by atoms with Gasteiger partial charge in [0.2, 0.25) is 5.91 Å². The SMILES string of the molecule is COc1ccc2c(c1)CN(C)C(=O)C2(C)CI. The molecular weight excluding hydrogens is 329 g/mol. The zero-order valence-electron chi connectivity index (χ0n) is 10.3. The summed E-state index contributed by atoms with van der Waals surface area (Å²) >= 11 is 2.28. The molecule has 0 bridgehead atoms. The summed E-state index contributed by atoms with van der Waals surface area (Å²) in [6, 6.07) is 5.99. The number of alkyl halides is 1. The van der Waals surface area contributed by atoms with Crippen molar-refractivity contribution in [1.82, 2.24) is 4.90 Å². The number of halogens is 1. The van der Waals surface area contributed by atoms with Gasteiger partial charge in [0.15, 0.2) is 0 Å². The summed E-state index contributed by atoms with van der Waals surface area (Å²) in [4.78, 5) is 14.1. The summed E-state index contributed by atoms with van der Waals surface area (Å²) in [7, 11) is 3.52. The van der Waals surface area contributed by atoms with Crippen LogP contribution in [0.5, 0.6) is 5.75 Å². The van der Waals surface area contributed by atoms with E-state index in [4.69, 9.17) is 4.74 Å². The fraction of sp³-hybridized carbons (Fsp3) is 0.462. The van der Waals surface area contributed by atoms with Crippen LogP contribution in [0.1, 0.15) is 18.1 Å². The summed E-state index contributed by atoms with van der Waals surface area (Å²) in [5.41, 5.74) is 1.91. The van der Waals surface area contributed by atoms with Crippen LogP contribution in [-0.2, 0) is 16.8 Å². The minimum Gasteiger partial charge on any atom is -0.497 e. The number of hydrogen-bond acceptors (Lipinski definition) is 2. The van der Waals surface area contributed by atoms with E-state index in [1.807, 2.05) is 32.2 Å². The Bertz CT molecular complexity index is 461. The summed E-state index contributed by atoms with van der Waals surface area (Å²) < 4.78 is 6.02. The van der Waals surface area contributed by atoms with Gasteiger partial charge in [0.1, 0.15) is 5.75 Å². The second kappa shape index (κ2) is 4.48. The lowest BCUT2D eigenvalue weighted by atomic mass is 9.77. The van der Waals surface area contributed by atoms with Crippen LogP contribution >= 0.6 is 22.6 Å². The van der Waals surface area contributed by atoms with Gasteiger partial charge in [0, 0.05) is 18.0 Å². The molecule has 1 aromatic rings. The molecule has 1 atom stereocenters. The molecule has 0 aliphatic carbocycles. The fourth-order valence-corrected chi connectivity index (χ4v) is 3.10. The van der Waals surface area contributed by atoms with Crippen molar-refractivity contribution in [2.24, 2.45) is 0 Å². The van der Waals surface area contributed by atoms with Crippen LogP contribution in [0.25, 0.3) is 0 Å². The number of hydrogen-bond donors (Lipinski definition) is 0. The molecule has 0 N–H and O–H groups in total. The van der Waals surface area contributed by atoms with E-state index in [1.54, 1.807) is 12.0 Å². The molecule has 4 heteroatoms. The average molecular weight is 345 g/mol. The van der Waals surface area contributed by atoms with Crippen molar-refractivity contribution in [1.29, 1.82) is 0 Å². The zero-order chi connectivity index (χ0) is 12.6. The Morgan fingerprint density at radius 2 is 2.24 bits per heavy atom. The normalized spacial score (nSPS) is 23.5. The molecule has 17 heavy (non-hydrogen) atoms. The molecule has 1 aliphatic rings. The van der Waals surface area contributed by atoms with Gasteiger partial charge in [-0.3, -0.25) is 4.79 Å². The lowest BCUT2D eigenvalue weighted by Gasteiger charge is -2.38. The van der Waals surface area contributed by atoms with Crippen molar-refractivity contribution in [3.63, 3.8) is 0 Å². The van der Waals surface area contributed by atoms with Crippen molar-refractivity contribution in [3.8, 4) is 5.75 Å². The molecule has 0 saturated heterocycles. The molecular formula is C13H16INO2. The van der Waals surface area contributed by atoms with Gasteiger partial charge in [-0.05, 0) is 30.2 Å². The molecule has 0 fully saturated rings. The average Bonchev–Trinajstić information content (AvgIpc) is 2.35. The van der Waals surface area contributed by atoms with Gasteiger partial charge in [-0.15, -0.1) is 0 Å². The van der Waals surface area contributed by atoms with Crippen molar-refractivity contribution >= 4 is 28.5 Å². The van der Waals surface area contributed by atoms with Gasteiger partial charge in [-0.2, -0.15) is 0 Å². The molecule has 1 amide bonds. The van der Waals surface area contributed by atoms with E-state index < -0.39 is 5.41 Å². The molecule has 0 radical (unpaired) electrons. The molecule has 3 nitrogen and oxygen atoms in total. The Morgan fingerprint density at radius 1 is 1.53 bits per heavy atom. The number of methoxy groups -OCH3 is 1. The number of amides is 1. The van der Waals surface area contributed by atoms with E-state index in [1.165, 1.54) is 5.56 Å². The molecule has 1 unspecified atom stereocenters. The zero-order valence-corrected chi connectivity index (χ0v) is 12.4. The first-order chi connectivity index (χ1) is 8.02. The van der Waals surface area contributed by atoms with Gasteiger partial charge < -0.3 is 9.64 Å². The predicted octanol–water partition coefficient (Wildman–Crippen LogP) is 2.36. The number of fused-ring (bicyclic) bond motifs is 1. The smallest absolute Gasteiger partial charge is 0.233 e. The number of likely N-dealkylation sites (N-methyl/N-ethyl adjacent to an activating group) is 1. The first kappa shape index (κ1) is 12.7. The molecule has 1 heterocycles. The number of ether oxygens (including phenoxy) is 1. The molecule has 0 saturated carbocycles. The van der Waals surface area contributed by atoms with Crippen LogP contribution in [0.3, 0.4) is 0 Å². The highest BCUT2D eigenvalue weighted by atomic mass is 127. The maximum atomic E-state index is 12.3. The topological polar surface area (TPSA) is 29.5 Å². The first-order valence-corrected chi connectivity index (χ1v) is 7.04. The second-order valence-electron chi connectivity index (χ2n) is 4.65. The quantitative estimate of drug-likeness (QED) is 0.608. The predicted molar refractivity (Wildman–Crippen MR) is 75.7 cm³/mol. The van der Waals surface area contributed by atoms with Crippen molar-refractivity contribution in [3.05, 3.63) is 29.3 Å². The molecule has 0 spiro atoms. The van der Waals surface area contributed by atoms with Crippen molar-refractivity contribution in [2.75, 3.05) is 18.6 Å². The number of nitrogens with zero attached hydrogens (tertiary/aromatic N) is 1. The Hall–Kier alpha value is -0.780. The monoisotopic (exact) mass is 345 g/mol. The minimum atomic E-state index is -0.408. The van der Waals surface area contributed by atoms with Gasteiger partial charge in [0.25, 0.3) is 0 Å². The van der Waals surface area contributed by atoms with E-state index in [0.29, 0.717) is 6.54 Å². The van der Waals surface area contributed by atoms with Crippen LogP contribution in [-0.4, -0.2) is 29.4 Å². The maximum Gasteiger partial charge on any atom is 0.233 e. The molecule has 1 aromatic carbocycles. The van der Waals surface area contributed by atoms with Gasteiger partial charge in [-0.1, -0.05) is 28.7 Å². The Morgan fingerprint density at radius 3 is 2.82 bits per heavy atom. The summed E-state index contributed by atoms with van der Waals surface area (Å²) in [6.07, 6.45) is 0. The fourth-order valence-electron chi connectivity index (χ4n) is 2.36. The summed E-state index contributed by atoms with van der Waals surface area (Å²) in [5.74, 6) is 1.05. The Balaban J connectivity index is 2.57. The minimum absolute atomic E-state index is 0.199. The summed E-state index contributed by atoms with van der Waals surface area (Å²) in [6.45, 7) is 2.68. The van der Waals surface area contributed by atoms with Crippen LogP contribution in [0.2, 0.25) is 0 Å². The largest absolute Gasteiger partial charge is 0.497 e. The Labute approximate surface area is 115 Å². The summed E-state index contributed by atoms with van der Waals surface area (Å²) in [5, 5.41) is 0. The van der Waals surface area contributed by atoms with E-state index in [-0.39, 0.29) is 5.91 Å². The van der Waals surface area contributed by atoms with Crippen LogP contribution in [0.15, 0.2) is 18.2 Å². The highest BCUT2D eigenvalue weighted by Gasteiger charge is 2.41. The highest BCUT2D eigenvalue weighted by molar-refractivity contribution is 14.1. The van der Waals surface area contributed by atoms with Crippen LogP contribution < -0.4 is 4.74 Å². The molecule has 1 aliphatic heterocycles.